The standard InChI is InChI=1S/C21H16Cl2N6O3S/c22-15-7-6-12(8-16(15)23)24-19(31)11-33-21-28-27-17(29(21)14-4-2-1-3-5-14)9-13-10-18(30)26-20(32)25-13/h1-8,10H,9,11H2,(H,24,31)(H2,25,26,30,32). The van der Waals surface area contributed by atoms with Gasteiger partial charge in [0.2, 0.25) is 5.91 Å². The molecule has 1 amide bonds. The molecule has 0 unspecified atom stereocenters. The first-order valence-corrected chi connectivity index (χ1v) is 11.3. The molecule has 0 aliphatic carbocycles. The molecule has 0 atom stereocenters. The second-order valence-electron chi connectivity index (χ2n) is 6.83. The van der Waals surface area contributed by atoms with E-state index >= 15 is 0 Å². The lowest BCUT2D eigenvalue weighted by atomic mass is 10.2. The highest BCUT2D eigenvalue weighted by molar-refractivity contribution is 7.99. The monoisotopic (exact) mass is 502 g/mol. The minimum Gasteiger partial charge on any atom is -0.325 e. The van der Waals surface area contributed by atoms with Crippen LogP contribution in [0.25, 0.3) is 5.69 Å². The highest BCUT2D eigenvalue weighted by Gasteiger charge is 2.17. The normalized spacial score (nSPS) is 10.8. The second-order valence-corrected chi connectivity index (χ2v) is 8.58. The minimum absolute atomic E-state index is 0.0626. The first kappa shape index (κ1) is 22.8. The van der Waals surface area contributed by atoms with Crippen molar-refractivity contribution in [2.45, 2.75) is 11.6 Å². The van der Waals surface area contributed by atoms with Gasteiger partial charge in [0, 0.05) is 29.6 Å². The summed E-state index contributed by atoms with van der Waals surface area (Å²) in [5.41, 5.74) is 0.586. The molecule has 0 saturated carbocycles. The number of H-pyrrole nitrogens is 2. The van der Waals surface area contributed by atoms with E-state index in [-0.39, 0.29) is 18.1 Å². The molecule has 0 aliphatic rings. The van der Waals surface area contributed by atoms with Crippen LogP contribution in [0.2, 0.25) is 10.0 Å². The Labute approximate surface area is 201 Å². The van der Waals surface area contributed by atoms with E-state index in [1.807, 2.05) is 30.3 Å². The summed E-state index contributed by atoms with van der Waals surface area (Å²) in [5, 5.41) is 12.4. The van der Waals surface area contributed by atoms with Crippen LogP contribution in [0.4, 0.5) is 5.69 Å². The summed E-state index contributed by atoms with van der Waals surface area (Å²) < 4.78 is 1.77. The van der Waals surface area contributed by atoms with Gasteiger partial charge in [-0.05, 0) is 30.3 Å². The molecule has 0 radical (unpaired) electrons. The summed E-state index contributed by atoms with van der Waals surface area (Å²) >= 11 is 13.1. The Kier molecular flexibility index (Phi) is 6.97. The van der Waals surface area contributed by atoms with E-state index in [9.17, 15) is 14.4 Å². The maximum Gasteiger partial charge on any atom is 0.325 e. The van der Waals surface area contributed by atoms with Gasteiger partial charge in [-0.2, -0.15) is 0 Å². The first-order chi connectivity index (χ1) is 15.9. The lowest BCUT2D eigenvalue weighted by Gasteiger charge is -2.10. The van der Waals surface area contributed by atoms with Crippen molar-refractivity contribution >= 4 is 46.6 Å². The molecule has 2 aromatic carbocycles. The Hall–Kier alpha value is -3.34. The average molecular weight is 503 g/mol. The molecule has 2 aromatic heterocycles. The summed E-state index contributed by atoms with van der Waals surface area (Å²) in [5.74, 6) is 0.295. The van der Waals surface area contributed by atoms with Crippen LogP contribution in [-0.4, -0.2) is 36.4 Å². The number of hydrogen-bond acceptors (Lipinski definition) is 6. The van der Waals surface area contributed by atoms with Crippen LogP contribution >= 0.6 is 35.0 Å². The van der Waals surface area contributed by atoms with Gasteiger partial charge in [-0.1, -0.05) is 53.2 Å². The molecule has 4 rings (SSSR count). The topological polar surface area (TPSA) is 126 Å². The molecule has 3 N–H and O–H groups in total. The van der Waals surface area contributed by atoms with Crippen LogP contribution in [0, 0.1) is 0 Å². The van der Waals surface area contributed by atoms with Crippen molar-refractivity contribution in [2.24, 2.45) is 0 Å². The van der Waals surface area contributed by atoms with Crippen molar-refractivity contribution in [3.63, 3.8) is 0 Å². The SMILES string of the molecule is O=C(CSc1nnc(Cc2cc(=O)[nH]c(=O)[nH]2)n1-c1ccccc1)Nc1ccc(Cl)c(Cl)c1. The highest BCUT2D eigenvalue weighted by Crippen LogP contribution is 2.26. The van der Waals surface area contributed by atoms with Crippen molar-refractivity contribution in [1.82, 2.24) is 24.7 Å². The zero-order valence-electron chi connectivity index (χ0n) is 16.8. The fraction of sp³-hybridized carbons (Fsp3) is 0.0952. The molecule has 168 valence electrons. The van der Waals surface area contributed by atoms with Crippen LogP contribution in [0.1, 0.15) is 11.5 Å². The third-order valence-electron chi connectivity index (χ3n) is 4.42. The number of aromatic amines is 2. The Bertz CT molecular complexity index is 1390. The summed E-state index contributed by atoms with van der Waals surface area (Å²) in [7, 11) is 0. The molecule has 4 aromatic rings. The maximum absolute atomic E-state index is 12.5. The van der Waals surface area contributed by atoms with Crippen LogP contribution in [0.3, 0.4) is 0 Å². The lowest BCUT2D eigenvalue weighted by Crippen LogP contribution is -2.23. The molecule has 0 saturated heterocycles. The van der Waals surface area contributed by atoms with Gasteiger partial charge in [-0.3, -0.25) is 19.1 Å². The Morgan fingerprint density at radius 2 is 1.79 bits per heavy atom. The zero-order valence-corrected chi connectivity index (χ0v) is 19.2. The highest BCUT2D eigenvalue weighted by atomic mass is 35.5. The Balaban J connectivity index is 1.56. The number of nitrogens with one attached hydrogen (secondary N) is 3. The van der Waals surface area contributed by atoms with Crippen molar-refractivity contribution in [3.05, 3.63) is 97.0 Å². The molecule has 33 heavy (non-hydrogen) atoms. The summed E-state index contributed by atoms with van der Waals surface area (Å²) in [6, 6.07) is 15.5. The van der Waals surface area contributed by atoms with E-state index in [0.29, 0.717) is 32.4 Å². The largest absolute Gasteiger partial charge is 0.325 e. The average Bonchev–Trinajstić information content (AvgIpc) is 3.17. The van der Waals surface area contributed by atoms with Gasteiger partial charge in [0.05, 0.1) is 15.8 Å². The molecule has 0 aliphatic heterocycles. The van der Waals surface area contributed by atoms with Crippen LogP contribution in [-0.2, 0) is 11.2 Å². The number of amides is 1. The van der Waals surface area contributed by atoms with Crippen LogP contribution in [0.5, 0.6) is 0 Å². The third kappa shape index (κ3) is 5.72. The molecular formula is C21H16Cl2N6O3S. The minimum atomic E-state index is -0.600. The van der Waals surface area contributed by atoms with Gasteiger partial charge in [0.15, 0.2) is 5.16 Å². The number of rotatable bonds is 7. The van der Waals surface area contributed by atoms with E-state index in [0.717, 1.165) is 5.69 Å². The first-order valence-electron chi connectivity index (χ1n) is 9.59. The van der Waals surface area contributed by atoms with E-state index < -0.39 is 11.2 Å². The number of aromatic nitrogens is 5. The number of thioether (sulfide) groups is 1. The van der Waals surface area contributed by atoms with Gasteiger partial charge < -0.3 is 10.3 Å². The molecular weight excluding hydrogens is 487 g/mol. The van der Waals surface area contributed by atoms with E-state index in [4.69, 9.17) is 23.2 Å². The number of carbonyl (C=O) groups is 1. The predicted octanol–water partition coefficient (Wildman–Crippen LogP) is 3.27. The van der Waals surface area contributed by atoms with Gasteiger partial charge >= 0.3 is 5.69 Å². The molecule has 0 spiro atoms. The number of nitrogens with zero attached hydrogens (tertiary/aromatic N) is 3. The Morgan fingerprint density at radius 3 is 2.52 bits per heavy atom. The number of hydrogen-bond donors (Lipinski definition) is 3. The summed E-state index contributed by atoms with van der Waals surface area (Å²) in [4.78, 5) is 40.4. The number of para-hydroxylation sites is 1. The van der Waals surface area contributed by atoms with Gasteiger partial charge in [-0.15, -0.1) is 10.2 Å². The predicted molar refractivity (Wildman–Crippen MR) is 128 cm³/mol. The van der Waals surface area contributed by atoms with Crippen LogP contribution < -0.4 is 16.6 Å². The van der Waals surface area contributed by atoms with Crippen molar-refractivity contribution < 1.29 is 4.79 Å². The number of benzene rings is 2. The fourth-order valence-corrected chi connectivity index (χ4v) is 4.10. The fourth-order valence-electron chi connectivity index (χ4n) is 3.03. The van der Waals surface area contributed by atoms with E-state index in [1.165, 1.54) is 17.8 Å². The lowest BCUT2D eigenvalue weighted by molar-refractivity contribution is -0.113. The molecule has 9 nitrogen and oxygen atoms in total. The number of carbonyl (C=O) groups excluding carboxylic acids is 1. The van der Waals surface area contributed by atoms with Gasteiger partial charge in [0.25, 0.3) is 5.56 Å². The second kappa shape index (κ2) is 10.1. The molecule has 12 heteroatoms. The zero-order chi connectivity index (χ0) is 23.4. The molecule has 0 bridgehead atoms. The maximum atomic E-state index is 12.5. The van der Waals surface area contributed by atoms with Gasteiger partial charge in [-0.25, -0.2) is 4.79 Å². The van der Waals surface area contributed by atoms with E-state index in [1.54, 1.807) is 22.8 Å². The quantitative estimate of drug-likeness (QED) is 0.333. The number of halogens is 2. The van der Waals surface area contributed by atoms with Gasteiger partial charge in [0.1, 0.15) is 5.82 Å². The molecule has 0 fully saturated rings. The van der Waals surface area contributed by atoms with Crippen LogP contribution in [0.15, 0.2) is 69.3 Å². The third-order valence-corrected chi connectivity index (χ3v) is 6.08. The van der Waals surface area contributed by atoms with Crippen molar-refractivity contribution in [3.8, 4) is 5.69 Å². The smallest absolute Gasteiger partial charge is 0.325 e. The number of anilines is 1. The summed E-state index contributed by atoms with van der Waals surface area (Å²) in [6.07, 6.45) is 0.164. The van der Waals surface area contributed by atoms with E-state index in [2.05, 4.69) is 25.5 Å². The Morgan fingerprint density at radius 1 is 1.00 bits per heavy atom. The molecule has 2 heterocycles. The van der Waals surface area contributed by atoms with Crippen molar-refractivity contribution in [2.75, 3.05) is 11.1 Å². The summed E-state index contributed by atoms with van der Waals surface area (Å²) in [6.45, 7) is 0. The van der Waals surface area contributed by atoms with Crippen molar-refractivity contribution in [1.29, 1.82) is 0 Å².